The largest absolute Gasteiger partial charge is 0.573 e. The summed E-state index contributed by atoms with van der Waals surface area (Å²) >= 11 is 0. The van der Waals surface area contributed by atoms with Gasteiger partial charge in [-0.3, -0.25) is 9.59 Å². The molecule has 10 heteroatoms. The molecule has 0 bridgehead atoms. The van der Waals surface area contributed by atoms with Gasteiger partial charge >= 0.3 is 6.36 Å². The van der Waals surface area contributed by atoms with E-state index in [0.717, 1.165) is 25.0 Å². The van der Waals surface area contributed by atoms with Gasteiger partial charge in [0.25, 0.3) is 5.91 Å². The number of alkyl halides is 3. The molecule has 3 N–H and O–H groups in total. The lowest BCUT2D eigenvalue weighted by atomic mass is 10.0. The molecule has 1 aliphatic rings. The van der Waals surface area contributed by atoms with E-state index in [9.17, 15) is 22.8 Å². The highest BCUT2D eigenvalue weighted by Crippen LogP contribution is 2.29. The van der Waals surface area contributed by atoms with Gasteiger partial charge in [-0.2, -0.15) is 0 Å². The maximum absolute atomic E-state index is 12.7. The summed E-state index contributed by atoms with van der Waals surface area (Å²) in [5.74, 6) is -0.167. The molecule has 0 aliphatic heterocycles. The first-order valence-corrected chi connectivity index (χ1v) is 10.5. The molecule has 2 amide bonds. The highest BCUT2D eigenvalue weighted by atomic mass is 19.4. The molecule has 1 aliphatic carbocycles. The standard InChI is InChI=1S/C23H25F3N2O5/c24-23(25,26)33-19-7-3-15(4-8-19)13-20(22(31)27-11-12-29)28-21(30)17-5-9-18(10-6-17)32-14-16-1-2-16/h3-10,16,20,29H,1-2,11-14H2,(H,27,31)(H,28,30)/t20-/m0/s1. The number of nitrogens with one attached hydrogen (secondary N) is 2. The minimum Gasteiger partial charge on any atom is -0.493 e. The molecular formula is C23H25F3N2O5. The molecule has 2 aromatic carbocycles. The summed E-state index contributed by atoms with van der Waals surface area (Å²) in [5.41, 5.74) is 0.834. The number of aliphatic hydroxyl groups excluding tert-OH is 1. The monoisotopic (exact) mass is 466 g/mol. The van der Waals surface area contributed by atoms with Gasteiger partial charge in [-0.15, -0.1) is 13.2 Å². The highest BCUT2D eigenvalue weighted by molar-refractivity contribution is 5.97. The van der Waals surface area contributed by atoms with Gasteiger partial charge in [-0.25, -0.2) is 0 Å². The summed E-state index contributed by atoms with van der Waals surface area (Å²) in [4.78, 5) is 25.2. The average Bonchev–Trinajstić information content (AvgIpc) is 3.60. The minimum absolute atomic E-state index is 0.00338. The van der Waals surface area contributed by atoms with E-state index in [1.807, 2.05) is 0 Å². The average molecular weight is 466 g/mol. The molecule has 0 heterocycles. The van der Waals surface area contributed by atoms with E-state index >= 15 is 0 Å². The Labute approximate surface area is 188 Å². The Balaban J connectivity index is 1.64. The van der Waals surface area contributed by atoms with Crippen LogP contribution in [0.15, 0.2) is 48.5 Å². The number of halogens is 3. The lowest BCUT2D eigenvalue weighted by molar-refractivity contribution is -0.274. The molecule has 3 rings (SSSR count). The third-order valence-electron chi connectivity index (χ3n) is 4.93. The van der Waals surface area contributed by atoms with Crippen LogP contribution in [0.2, 0.25) is 0 Å². The molecule has 7 nitrogen and oxygen atoms in total. The van der Waals surface area contributed by atoms with Crippen molar-refractivity contribution < 1.29 is 37.3 Å². The molecule has 0 aromatic heterocycles. The predicted molar refractivity (Wildman–Crippen MR) is 113 cm³/mol. The molecule has 1 saturated carbocycles. The Bertz CT molecular complexity index is 929. The van der Waals surface area contributed by atoms with Gasteiger partial charge in [0, 0.05) is 18.5 Å². The minimum atomic E-state index is -4.80. The van der Waals surface area contributed by atoms with E-state index in [4.69, 9.17) is 9.84 Å². The SMILES string of the molecule is O=C(N[C@@H](Cc1ccc(OC(F)(F)F)cc1)C(=O)NCCO)c1ccc(OCC2CC2)cc1. The van der Waals surface area contributed by atoms with Crippen LogP contribution in [0.25, 0.3) is 0 Å². The van der Waals surface area contributed by atoms with Crippen molar-refractivity contribution in [2.75, 3.05) is 19.8 Å². The third-order valence-corrected chi connectivity index (χ3v) is 4.93. The zero-order valence-corrected chi connectivity index (χ0v) is 17.7. The Hall–Kier alpha value is -3.27. The van der Waals surface area contributed by atoms with E-state index in [2.05, 4.69) is 15.4 Å². The van der Waals surface area contributed by atoms with Crippen LogP contribution in [0.3, 0.4) is 0 Å². The topological polar surface area (TPSA) is 96.9 Å². The molecule has 33 heavy (non-hydrogen) atoms. The summed E-state index contributed by atoms with van der Waals surface area (Å²) in [5, 5.41) is 14.1. The number of carbonyl (C=O) groups excluding carboxylic acids is 2. The smallest absolute Gasteiger partial charge is 0.493 e. The molecule has 178 valence electrons. The molecule has 1 atom stereocenters. The zero-order valence-electron chi connectivity index (χ0n) is 17.7. The quantitative estimate of drug-likeness (QED) is 0.473. The number of amides is 2. The first-order valence-electron chi connectivity index (χ1n) is 10.5. The van der Waals surface area contributed by atoms with Crippen LogP contribution in [0.4, 0.5) is 13.2 Å². The lowest BCUT2D eigenvalue weighted by Gasteiger charge is -2.19. The summed E-state index contributed by atoms with van der Waals surface area (Å²) in [6, 6.07) is 10.5. The highest BCUT2D eigenvalue weighted by Gasteiger charge is 2.31. The fourth-order valence-electron chi connectivity index (χ4n) is 3.02. The van der Waals surface area contributed by atoms with E-state index in [1.54, 1.807) is 24.3 Å². The van der Waals surface area contributed by atoms with E-state index in [0.29, 0.717) is 29.4 Å². The van der Waals surface area contributed by atoms with Crippen molar-refractivity contribution in [2.45, 2.75) is 31.7 Å². The Morgan fingerprint density at radius 3 is 2.24 bits per heavy atom. The van der Waals surface area contributed by atoms with Gasteiger partial charge in [0.15, 0.2) is 0 Å². The van der Waals surface area contributed by atoms with Crippen molar-refractivity contribution in [1.29, 1.82) is 0 Å². The number of aliphatic hydroxyl groups is 1. The van der Waals surface area contributed by atoms with Crippen LogP contribution in [0, 0.1) is 5.92 Å². The van der Waals surface area contributed by atoms with Crippen molar-refractivity contribution in [2.24, 2.45) is 5.92 Å². The van der Waals surface area contributed by atoms with Crippen LogP contribution in [-0.2, 0) is 11.2 Å². The number of benzene rings is 2. The van der Waals surface area contributed by atoms with Crippen molar-refractivity contribution in [1.82, 2.24) is 10.6 Å². The summed E-state index contributed by atoms with van der Waals surface area (Å²) in [6.45, 7) is 0.361. The lowest BCUT2D eigenvalue weighted by Crippen LogP contribution is -2.48. The van der Waals surface area contributed by atoms with Gasteiger partial charge in [0.2, 0.25) is 5.91 Å². The second-order valence-corrected chi connectivity index (χ2v) is 7.72. The van der Waals surface area contributed by atoms with E-state index in [-0.39, 0.29) is 25.3 Å². The van der Waals surface area contributed by atoms with Gasteiger partial charge in [-0.1, -0.05) is 12.1 Å². The van der Waals surface area contributed by atoms with Crippen LogP contribution < -0.4 is 20.1 Å². The van der Waals surface area contributed by atoms with Gasteiger partial charge < -0.3 is 25.2 Å². The first-order chi connectivity index (χ1) is 15.7. The van der Waals surface area contributed by atoms with E-state index < -0.39 is 24.2 Å². The number of hydrogen-bond acceptors (Lipinski definition) is 5. The molecule has 0 radical (unpaired) electrons. The van der Waals surface area contributed by atoms with Crippen LogP contribution >= 0.6 is 0 Å². The number of ether oxygens (including phenoxy) is 2. The van der Waals surface area contributed by atoms with Crippen molar-refractivity contribution in [3.63, 3.8) is 0 Å². The second kappa shape index (κ2) is 11.0. The van der Waals surface area contributed by atoms with E-state index in [1.165, 1.54) is 12.1 Å². The first kappa shape index (κ1) is 24.4. The fourth-order valence-corrected chi connectivity index (χ4v) is 3.02. The van der Waals surface area contributed by atoms with Crippen LogP contribution in [-0.4, -0.2) is 49.1 Å². The summed E-state index contributed by atoms with van der Waals surface area (Å²) < 4.78 is 46.5. The molecular weight excluding hydrogens is 441 g/mol. The number of hydrogen-bond donors (Lipinski definition) is 3. The zero-order chi connectivity index (χ0) is 23.8. The second-order valence-electron chi connectivity index (χ2n) is 7.72. The van der Waals surface area contributed by atoms with Crippen LogP contribution in [0.5, 0.6) is 11.5 Å². The van der Waals surface area contributed by atoms with Gasteiger partial charge in [0.1, 0.15) is 17.5 Å². The van der Waals surface area contributed by atoms with Gasteiger partial charge in [-0.05, 0) is 60.7 Å². The van der Waals surface area contributed by atoms with Crippen molar-refractivity contribution >= 4 is 11.8 Å². The van der Waals surface area contributed by atoms with Gasteiger partial charge in [0.05, 0.1) is 13.2 Å². The van der Waals surface area contributed by atoms with Crippen molar-refractivity contribution in [3.05, 3.63) is 59.7 Å². The van der Waals surface area contributed by atoms with Crippen molar-refractivity contribution in [3.8, 4) is 11.5 Å². The maximum Gasteiger partial charge on any atom is 0.573 e. The Kier molecular flexibility index (Phi) is 8.16. The number of carbonyl (C=O) groups is 2. The molecule has 0 unspecified atom stereocenters. The predicted octanol–water partition coefficient (Wildman–Crippen LogP) is 2.82. The Morgan fingerprint density at radius 2 is 1.67 bits per heavy atom. The fraction of sp³-hybridized carbons (Fsp3) is 0.391. The maximum atomic E-state index is 12.7. The summed E-state index contributed by atoms with van der Waals surface area (Å²) in [6.07, 6.45) is -2.45. The molecule has 0 saturated heterocycles. The molecule has 2 aromatic rings. The Morgan fingerprint density at radius 1 is 1.03 bits per heavy atom. The van der Waals surface area contributed by atoms with Crippen LogP contribution in [0.1, 0.15) is 28.8 Å². The molecule has 1 fully saturated rings. The number of rotatable bonds is 11. The summed E-state index contributed by atoms with van der Waals surface area (Å²) in [7, 11) is 0. The normalized spacial score (nSPS) is 14.3. The molecule has 0 spiro atoms. The third kappa shape index (κ3) is 8.30.